The second kappa shape index (κ2) is 4.67. The van der Waals surface area contributed by atoms with Crippen LogP contribution in [0.3, 0.4) is 0 Å². The fraction of sp³-hybridized carbons (Fsp3) is 0.364. The van der Waals surface area contributed by atoms with Crippen molar-refractivity contribution in [3.63, 3.8) is 0 Å². The average molecular weight is 245 g/mol. The molecule has 0 aromatic heterocycles. The molecule has 6 heteroatoms. The van der Waals surface area contributed by atoms with Gasteiger partial charge in [0, 0.05) is 6.54 Å². The molecule has 17 heavy (non-hydrogen) atoms. The Kier molecular flexibility index (Phi) is 3.67. The van der Waals surface area contributed by atoms with Gasteiger partial charge in [-0.1, -0.05) is 0 Å². The first-order valence-corrected chi connectivity index (χ1v) is 4.89. The number of hydrogen-bond donors (Lipinski definition) is 3. The van der Waals surface area contributed by atoms with Gasteiger partial charge >= 0.3 is 5.97 Å². The summed E-state index contributed by atoms with van der Waals surface area (Å²) in [5.74, 6) is -3.42. The van der Waals surface area contributed by atoms with Crippen molar-refractivity contribution in [2.24, 2.45) is 0 Å². The summed E-state index contributed by atoms with van der Waals surface area (Å²) in [6.07, 6.45) is 0. The minimum atomic E-state index is -1.41. The molecule has 0 saturated heterocycles. The van der Waals surface area contributed by atoms with Crippen molar-refractivity contribution in [2.45, 2.75) is 19.4 Å². The quantitative estimate of drug-likeness (QED) is 0.757. The standard InChI is InChI=1S/C11H13F2NO3/c1-11(2,17)5-14-9-7(12)3-6(10(15)16)4-8(9)13/h3-4,14,17H,5H2,1-2H3,(H,15,16). The minimum Gasteiger partial charge on any atom is -0.478 e. The Hall–Kier alpha value is -1.69. The maximum absolute atomic E-state index is 13.4. The number of carboxylic acids is 1. The zero-order valence-electron chi connectivity index (χ0n) is 9.42. The normalized spacial score (nSPS) is 11.4. The Morgan fingerprint density at radius 3 is 2.18 bits per heavy atom. The number of hydrogen-bond acceptors (Lipinski definition) is 3. The molecule has 0 unspecified atom stereocenters. The Morgan fingerprint density at radius 2 is 1.82 bits per heavy atom. The van der Waals surface area contributed by atoms with Crippen LogP contribution in [0.15, 0.2) is 12.1 Å². The molecule has 1 aromatic carbocycles. The van der Waals surface area contributed by atoms with E-state index in [9.17, 15) is 18.7 Å². The molecule has 0 amide bonds. The Morgan fingerprint density at radius 1 is 1.35 bits per heavy atom. The van der Waals surface area contributed by atoms with Gasteiger partial charge in [0.25, 0.3) is 0 Å². The van der Waals surface area contributed by atoms with Gasteiger partial charge in [-0.15, -0.1) is 0 Å². The van der Waals surface area contributed by atoms with Crippen LogP contribution in [0.4, 0.5) is 14.5 Å². The number of carboxylic acid groups (broad SMARTS) is 1. The molecule has 0 aliphatic heterocycles. The van der Waals surface area contributed by atoms with Crippen molar-refractivity contribution in [3.8, 4) is 0 Å². The third-order valence-corrected chi connectivity index (χ3v) is 1.99. The summed E-state index contributed by atoms with van der Waals surface area (Å²) in [6.45, 7) is 2.89. The summed E-state index contributed by atoms with van der Waals surface area (Å²) in [5.41, 5.74) is -2.05. The van der Waals surface area contributed by atoms with Crippen LogP contribution in [0.1, 0.15) is 24.2 Å². The van der Waals surface area contributed by atoms with Crippen LogP contribution in [0.5, 0.6) is 0 Å². The molecule has 0 fully saturated rings. The van der Waals surface area contributed by atoms with E-state index >= 15 is 0 Å². The Balaban J connectivity index is 2.98. The fourth-order valence-corrected chi connectivity index (χ4v) is 1.17. The Bertz CT molecular complexity index is 418. The van der Waals surface area contributed by atoms with Crippen LogP contribution >= 0.6 is 0 Å². The third-order valence-electron chi connectivity index (χ3n) is 1.99. The summed E-state index contributed by atoms with van der Waals surface area (Å²) in [4.78, 5) is 10.5. The average Bonchev–Trinajstić information content (AvgIpc) is 2.14. The second-order valence-corrected chi connectivity index (χ2v) is 4.29. The Labute approximate surface area is 96.9 Å². The van der Waals surface area contributed by atoms with Gasteiger partial charge in [-0.2, -0.15) is 0 Å². The van der Waals surface area contributed by atoms with E-state index in [0.717, 1.165) is 12.1 Å². The van der Waals surface area contributed by atoms with Gasteiger partial charge < -0.3 is 15.5 Å². The summed E-state index contributed by atoms with van der Waals surface area (Å²) in [6, 6.07) is 1.44. The molecule has 0 radical (unpaired) electrons. The lowest BCUT2D eigenvalue weighted by Gasteiger charge is -2.19. The summed E-state index contributed by atoms with van der Waals surface area (Å²) in [5, 5.41) is 20.4. The van der Waals surface area contributed by atoms with E-state index in [1.807, 2.05) is 0 Å². The van der Waals surface area contributed by atoms with E-state index < -0.39 is 34.5 Å². The minimum absolute atomic E-state index is 0.0622. The van der Waals surface area contributed by atoms with Gasteiger partial charge in [-0.25, -0.2) is 13.6 Å². The second-order valence-electron chi connectivity index (χ2n) is 4.29. The number of halogens is 2. The number of anilines is 1. The van der Waals surface area contributed by atoms with Crippen LogP contribution in [0.25, 0.3) is 0 Å². The highest BCUT2D eigenvalue weighted by Crippen LogP contribution is 2.21. The lowest BCUT2D eigenvalue weighted by molar-refractivity contribution is 0.0695. The monoisotopic (exact) mass is 245 g/mol. The van der Waals surface area contributed by atoms with Gasteiger partial charge in [0.15, 0.2) is 0 Å². The van der Waals surface area contributed by atoms with E-state index in [1.54, 1.807) is 0 Å². The molecular formula is C11H13F2NO3. The van der Waals surface area contributed by atoms with Crippen molar-refractivity contribution in [3.05, 3.63) is 29.3 Å². The van der Waals surface area contributed by atoms with Crippen LogP contribution < -0.4 is 5.32 Å². The molecule has 3 N–H and O–H groups in total. The van der Waals surface area contributed by atoms with E-state index in [-0.39, 0.29) is 6.54 Å². The number of aliphatic hydroxyl groups is 1. The first kappa shape index (κ1) is 13.4. The topological polar surface area (TPSA) is 69.6 Å². The number of aromatic carboxylic acids is 1. The first-order valence-electron chi connectivity index (χ1n) is 4.89. The van der Waals surface area contributed by atoms with Gasteiger partial charge in [0.2, 0.25) is 0 Å². The molecule has 0 atom stereocenters. The highest BCUT2D eigenvalue weighted by Gasteiger charge is 2.17. The van der Waals surface area contributed by atoms with Gasteiger partial charge in [0.05, 0.1) is 11.2 Å². The van der Waals surface area contributed by atoms with Crippen molar-refractivity contribution in [2.75, 3.05) is 11.9 Å². The van der Waals surface area contributed by atoms with Crippen LogP contribution in [-0.2, 0) is 0 Å². The SMILES string of the molecule is CC(C)(O)CNc1c(F)cc(C(=O)O)cc1F. The number of carbonyl (C=O) groups is 1. The molecule has 1 aromatic rings. The predicted octanol–water partition coefficient (Wildman–Crippen LogP) is 1.85. The van der Waals surface area contributed by atoms with Crippen LogP contribution in [0.2, 0.25) is 0 Å². The lowest BCUT2D eigenvalue weighted by atomic mass is 10.1. The maximum Gasteiger partial charge on any atom is 0.335 e. The largest absolute Gasteiger partial charge is 0.478 e. The fourth-order valence-electron chi connectivity index (χ4n) is 1.17. The first-order chi connectivity index (χ1) is 7.70. The third kappa shape index (κ3) is 3.67. The number of benzene rings is 1. The molecule has 0 spiro atoms. The zero-order chi connectivity index (χ0) is 13.2. The number of nitrogens with one attached hydrogen (secondary N) is 1. The molecule has 1 rings (SSSR count). The van der Waals surface area contributed by atoms with Gasteiger partial charge in [-0.3, -0.25) is 0 Å². The summed E-state index contributed by atoms with van der Waals surface area (Å²) in [7, 11) is 0. The van der Waals surface area contributed by atoms with Crippen molar-refractivity contribution >= 4 is 11.7 Å². The molecule has 94 valence electrons. The number of rotatable bonds is 4. The van der Waals surface area contributed by atoms with Crippen molar-refractivity contribution < 1.29 is 23.8 Å². The molecule has 0 aliphatic rings. The molecule has 0 heterocycles. The summed E-state index contributed by atoms with van der Waals surface area (Å²) < 4.78 is 26.8. The molecule has 0 bridgehead atoms. The predicted molar refractivity (Wildman–Crippen MR) is 58.1 cm³/mol. The van der Waals surface area contributed by atoms with E-state index in [1.165, 1.54) is 13.8 Å². The highest BCUT2D eigenvalue weighted by atomic mass is 19.1. The highest BCUT2D eigenvalue weighted by molar-refractivity contribution is 5.88. The van der Waals surface area contributed by atoms with E-state index in [0.29, 0.717) is 0 Å². The van der Waals surface area contributed by atoms with Crippen LogP contribution in [0, 0.1) is 11.6 Å². The smallest absolute Gasteiger partial charge is 0.335 e. The van der Waals surface area contributed by atoms with E-state index in [2.05, 4.69) is 5.32 Å². The van der Waals surface area contributed by atoms with E-state index in [4.69, 9.17) is 5.11 Å². The molecular weight excluding hydrogens is 232 g/mol. The zero-order valence-corrected chi connectivity index (χ0v) is 9.42. The molecule has 0 aliphatic carbocycles. The molecule has 4 nitrogen and oxygen atoms in total. The lowest BCUT2D eigenvalue weighted by Crippen LogP contribution is -2.30. The van der Waals surface area contributed by atoms with Gasteiger partial charge in [-0.05, 0) is 26.0 Å². The van der Waals surface area contributed by atoms with Crippen molar-refractivity contribution in [1.82, 2.24) is 0 Å². The van der Waals surface area contributed by atoms with Crippen molar-refractivity contribution in [1.29, 1.82) is 0 Å². The van der Waals surface area contributed by atoms with Crippen LogP contribution in [-0.4, -0.2) is 28.3 Å². The summed E-state index contributed by atoms with van der Waals surface area (Å²) >= 11 is 0. The maximum atomic E-state index is 13.4. The van der Waals surface area contributed by atoms with Gasteiger partial charge in [0.1, 0.15) is 17.3 Å². The molecule has 0 saturated carbocycles.